The highest BCUT2D eigenvalue weighted by Crippen LogP contribution is 2.29. The van der Waals surface area contributed by atoms with Gasteiger partial charge in [-0.05, 0) is 44.9 Å². The van der Waals surface area contributed by atoms with Crippen molar-refractivity contribution in [3.05, 3.63) is 46.7 Å². The minimum atomic E-state index is -0.790. The van der Waals surface area contributed by atoms with Gasteiger partial charge >= 0.3 is 11.9 Å². The van der Waals surface area contributed by atoms with Crippen LogP contribution in [0.2, 0.25) is 0 Å². The molecule has 8 heteroatoms. The van der Waals surface area contributed by atoms with E-state index in [1.165, 1.54) is 6.92 Å². The zero-order valence-corrected chi connectivity index (χ0v) is 17.9. The zero-order chi connectivity index (χ0) is 22.3. The van der Waals surface area contributed by atoms with E-state index in [2.05, 4.69) is 5.32 Å². The van der Waals surface area contributed by atoms with Crippen LogP contribution >= 0.6 is 0 Å². The van der Waals surface area contributed by atoms with E-state index in [0.29, 0.717) is 23.8 Å². The van der Waals surface area contributed by atoms with Gasteiger partial charge < -0.3 is 18.6 Å². The van der Waals surface area contributed by atoms with Crippen molar-refractivity contribution in [1.29, 1.82) is 0 Å². The van der Waals surface area contributed by atoms with Crippen molar-refractivity contribution in [2.45, 2.75) is 34.6 Å². The van der Waals surface area contributed by atoms with Gasteiger partial charge in [0.2, 0.25) is 5.88 Å². The van der Waals surface area contributed by atoms with Crippen LogP contribution in [0.5, 0.6) is 5.75 Å². The van der Waals surface area contributed by atoms with Crippen LogP contribution in [0.3, 0.4) is 0 Å². The number of esters is 2. The van der Waals surface area contributed by atoms with Gasteiger partial charge in [-0.1, -0.05) is 19.9 Å². The van der Waals surface area contributed by atoms with Crippen molar-refractivity contribution in [3.63, 3.8) is 0 Å². The van der Waals surface area contributed by atoms with Gasteiger partial charge in [-0.15, -0.1) is 0 Å². The molecule has 0 saturated heterocycles. The lowest BCUT2D eigenvalue weighted by atomic mass is 10.1. The number of ether oxygens (including phenoxy) is 3. The normalized spacial score (nSPS) is 10.6. The van der Waals surface area contributed by atoms with Gasteiger partial charge in [0.25, 0.3) is 5.91 Å². The lowest BCUT2D eigenvalue weighted by Crippen LogP contribution is -2.17. The average Bonchev–Trinajstić information content (AvgIpc) is 3.02. The van der Waals surface area contributed by atoms with E-state index in [-0.39, 0.29) is 36.0 Å². The summed E-state index contributed by atoms with van der Waals surface area (Å²) < 4.78 is 21.2. The summed E-state index contributed by atoms with van der Waals surface area (Å²) in [6.45, 7) is 9.56. The monoisotopic (exact) mass is 417 g/mol. The lowest BCUT2D eigenvalue weighted by molar-refractivity contribution is 0.0480. The van der Waals surface area contributed by atoms with E-state index < -0.39 is 17.8 Å². The molecule has 0 aliphatic heterocycles. The third-order valence-electron chi connectivity index (χ3n) is 3.95. The number of nitrogens with one attached hydrogen (secondary N) is 1. The molecule has 0 saturated carbocycles. The van der Waals surface area contributed by atoms with Gasteiger partial charge in [0.1, 0.15) is 22.6 Å². The minimum Gasteiger partial charge on any atom is -0.493 e. The number of furan rings is 1. The van der Waals surface area contributed by atoms with Crippen molar-refractivity contribution >= 4 is 23.7 Å². The number of aryl methyl sites for hydroxylation is 1. The van der Waals surface area contributed by atoms with E-state index in [9.17, 15) is 14.4 Å². The van der Waals surface area contributed by atoms with Gasteiger partial charge in [-0.3, -0.25) is 10.1 Å². The minimum absolute atomic E-state index is 0.0698. The predicted molar refractivity (Wildman–Crippen MR) is 110 cm³/mol. The largest absolute Gasteiger partial charge is 0.493 e. The van der Waals surface area contributed by atoms with Crippen molar-refractivity contribution in [2.24, 2.45) is 5.92 Å². The third kappa shape index (κ3) is 5.62. The summed E-state index contributed by atoms with van der Waals surface area (Å²) in [6, 6.07) is 6.63. The van der Waals surface area contributed by atoms with E-state index >= 15 is 0 Å². The SMILES string of the molecule is CCOC(=O)c1c(C)oc(NC(=O)c2cccc(OCC(C)C)c2)c1C(=O)OCC. The summed E-state index contributed by atoms with van der Waals surface area (Å²) in [4.78, 5) is 37.5. The Kier molecular flexibility index (Phi) is 8.03. The molecule has 1 aromatic carbocycles. The van der Waals surface area contributed by atoms with Crippen LogP contribution in [0.4, 0.5) is 5.88 Å². The van der Waals surface area contributed by atoms with E-state index in [1.54, 1.807) is 38.1 Å². The van der Waals surface area contributed by atoms with Crippen LogP contribution in [0.1, 0.15) is 64.5 Å². The van der Waals surface area contributed by atoms with Crippen LogP contribution in [0, 0.1) is 12.8 Å². The number of hydrogen-bond acceptors (Lipinski definition) is 7. The molecule has 2 rings (SSSR count). The molecule has 0 aliphatic carbocycles. The summed E-state index contributed by atoms with van der Waals surface area (Å²) in [6.07, 6.45) is 0. The van der Waals surface area contributed by atoms with Crippen molar-refractivity contribution in [3.8, 4) is 5.75 Å². The van der Waals surface area contributed by atoms with Gasteiger partial charge in [0.15, 0.2) is 0 Å². The smallest absolute Gasteiger partial charge is 0.344 e. The number of carbonyl (C=O) groups is 3. The number of rotatable bonds is 9. The second-order valence-corrected chi connectivity index (χ2v) is 6.87. The molecular formula is C22H27NO7. The molecular weight excluding hydrogens is 390 g/mol. The number of anilines is 1. The summed E-state index contributed by atoms with van der Waals surface area (Å²) in [5.41, 5.74) is 0.0609. The Morgan fingerprint density at radius 1 is 1.03 bits per heavy atom. The zero-order valence-electron chi connectivity index (χ0n) is 17.9. The molecule has 0 bridgehead atoms. The molecule has 1 heterocycles. The summed E-state index contributed by atoms with van der Waals surface area (Å²) in [5.74, 6) is -1.20. The molecule has 1 amide bonds. The quantitative estimate of drug-likeness (QED) is 0.609. The number of amides is 1. The molecule has 0 spiro atoms. The Hall–Kier alpha value is -3.29. The number of benzene rings is 1. The Morgan fingerprint density at radius 2 is 1.67 bits per heavy atom. The Balaban J connectivity index is 2.34. The first kappa shape index (κ1) is 23.0. The fourth-order valence-electron chi connectivity index (χ4n) is 2.65. The highest BCUT2D eigenvalue weighted by Gasteiger charge is 2.31. The molecule has 1 N–H and O–H groups in total. The Morgan fingerprint density at radius 3 is 2.27 bits per heavy atom. The molecule has 2 aromatic rings. The molecule has 0 fully saturated rings. The lowest BCUT2D eigenvalue weighted by Gasteiger charge is -2.10. The molecule has 0 aliphatic rings. The van der Waals surface area contributed by atoms with Crippen molar-refractivity contribution in [2.75, 3.05) is 25.1 Å². The fraction of sp³-hybridized carbons (Fsp3) is 0.409. The fourth-order valence-corrected chi connectivity index (χ4v) is 2.65. The first-order chi connectivity index (χ1) is 14.3. The molecule has 0 atom stereocenters. The summed E-state index contributed by atoms with van der Waals surface area (Å²) in [7, 11) is 0. The van der Waals surface area contributed by atoms with Crippen LogP contribution in [0.25, 0.3) is 0 Å². The van der Waals surface area contributed by atoms with Gasteiger partial charge in [-0.2, -0.15) is 0 Å². The second kappa shape index (κ2) is 10.5. The summed E-state index contributed by atoms with van der Waals surface area (Å²) in [5, 5.41) is 2.55. The highest BCUT2D eigenvalue weighted by molar-refractivity contribution is 6.11. The van der Waals surface area contributed by atoms with Crippen molar-refractivity contribution in [1.82, 2.24) is 0 Å². The van der Waals surface area contributed by atoms with Gasteiger partial charge in [0, 0.05) is 5.56 Å². The number of hydrogen-bond donors (Lipinski definition) is 1. The Bertz CT molecular complexity index is 914. The van der Waals surface area contributed by atoms with Gasteiger partial charge in [-0.25, -0.2) is 9.59 Å². The first-order valence-electron chi connectivity index (χ1n) is 9.80. The standard InChI is InChI=1S/C22H27NO7/c1-6-27-21(25)17-14(5)30-20(18(17)22(26)28-7-2)23-19(24)15-9-8-10-16(11-15)29-12-13(3)4/h8-11,13H,6-7,12H2,1-5H3,(H,23,24). The van der Waals surface area contributed by atoms with Crippen LogP contribution in [0.15, 0.2) is 28.7 Å². The summed E-state index contributed by atoms with van der Waals surface area (Å²) >= 11 is 0. The highest BCUT2D eigenvalue weighted by atomic mass is 16.5. The van der Waals surface area contributed by atoms with Crippen LogP contribution in [-0.2, 0) is 9.47 Å². The topological polar surface area (TPSA) is 104 Å². The van der Waals surface area contributed by atoms with Crippen LogP contribution < -0.4 is 10.1 Å². The maximum atomic E-state index is 12.8. The molecule has 8 nitrogen and oxygen atoms in total. The first-order valence-corrected chi connectivity index (χ1v) is 9.80. The van der Waals surface area contributed by atoms with E-state index in [1.807, 2.05) is 13.8 Å². The molecule has 0 unspecified atom stereocenters. The second-order valence-electron chi connectivity index (χ2n) is 6.87. The molecule has 162 valence electrons. The molecule has 0 radical (unpaired) electrons. The Labute approximate surface area is 175 Å². The van der Waals surface area contributed by atoms with Gasteiger partial charge in [0.05, 0.1) is 19.8 Å². The maximum absolute atomic E-state index is 12.8. The van der Waals surface area contributed by atoms with E-state index in [4.69, 9.17) is 18.6 Å². The average molecular weight is 417 g/mol. The van der Waals surface area contributed by atoms with Crippen LogP contribution in [-0.4, -0.2) is 37.7 Å². The third-order valence-corrected chi connectivity index (χ3v) is 3.95. The van der Waals surface area contributed by atoms with Crippen molar-refractivity contribution < 1.29 is 33.0 Å². The molecule has 1 aromatic heterocycles. The number of carbonyl (C=O) groups excluding carboxylic acids is 3. The molecule has 30 heavy (non-hydrogen) atoms. The predicted octanol–water partition coefficient (Wildman–Crippen LogP) is 4.23. The van der Waals surface area contributed by atoms with E-state index in [0.717, 1.165) is 0 Å². The maximum Gasteiger partial charge on any atom is 0.344 e.